The monoisotopic (exact) mass is 572 g/mol. The highest BCUT2D eigenvalue weighted by Crippen LogP contribution is 2.44. The van der Waals surface area contributed by atoms with E-state index in [0.29, 0.717) is 0 Å². The second kappa shape index (κ2) is 10.3. The van der Waals surface area contributed by atoms with Crippen LogP contribution in [-0.4, -0.2) is 9.55 Å². The maximum Gasteiger partial charge on any atom is 0.0571 e. The molecule has 0 aliphatic carbocycles. The van der Waals surface area contributed by atoms with Crippen molar-refractivity contribution in [2.75, 3.05) is 0 Å². The molecule has 0 N–H and O–H groups in total. The second-order valence-corrected chi connectivity index (χ2v) is 11.6. The number of benzene rings is 7. The zero-order valence-corrected chi connectivity index (χ0v) is 24.6. The average molecular weight is 573 g/mol. The van der Waals surface area contributed by atoms with Crippen LogP contribution >= 0.6 is 0 Å². The normalized spacial score (nSPS) is 11.6. The van der Waals surface area contributed by atoms with Gasteiger partial charge in [0.25, 0.3) is 0 Å². The van der Waals surface area contributed by atoms with Gasteiger partial charge in [-0.05, 0) is 85.3 Å². The number of pyridine rings is 1. The Balaban J connectivity index is 1.25. The van der Waals surface area contributed by atoms with Crippen LogP contribution in [0.15, 0.2) is 170 Å². The highest BCUT2D eigenvalue weighted by molar-refractivity contribution is 6.21. The van der Waals surface area contributed by atoms with E-state index < -0.39 is 0 Å². The molecule has 2 nitrogen and oxygen atoms in total. The van der Waals surface area contributed by atoms with Gasteiger partial charge in [0.1, 0.15) is 0 Å². The molecule has 0 aliphatic heterocycles. The number of rotatable bonds is 4. The first-order valence-electron chi connectivity index (χ1n) is 15.4. The Morgan fingerprint density at radius 1 is 0.356 bits per heavy atom. The van der Waals surface area contributed by atoms with E-state index in [9.17, 15) is 0 Å². The van der Waals surface area contributed by atoms with Crippen LogP contribution in [-0.2, 0) is 0 Å². The Hall–Kier alpha value is -5.99. The molecule has 2 heteroatoms. The summed E-state index contributed by atoms with van der Waals surface area (Å²) in [5, 5.41) is 7.44. The van der Waals surface area contributed by atoms with Gasteiger partial charge in [-0.3, -0.25) is 4.98 Å². The molecule has 0 atom stereocenters. The van der Waals surface area contributed by atoms with Crippen molar-refractivity contribution in [1.82, 2.24) is 9.55 Å². The fourth-order valence-electron chi connectivity index (χ4n) is 7.13. The van der Waals surface area contributed by atoms with Crippen molar-refractivity contribution in [2.45, 2.75) is 0 Å². The maximum absolute atomic E-state index is 4.43. The largest absolute Gasteiger partial charge is 0.309 e. The Labute approximate surface area is 261 Å². The third-order valence-corrected chi connectivity index (χ3v) is 9.06. The molecule has 0 saturated carbocycles. The van der Waals surface area contributed by atoms with E-state index in [-0.39, 0.29) is 0 Å². The topological polar surface area (TPSA) is 17.8 Å². The lowest BCUT2D eigenvalue weighted by molar-refractivity contribution is 1.17. The van der Waals surface area contributed by atoms with Crippen LogP contribution in [0, 0.1) is 0 Å². The van der Waals surface area contributed by atoms with Gasteiger partial charge in [-0.2, -0.15) is 0 Å². The number of aromatic nitrogens is 2. The lowest BCUT2D eigenvalue weighted by atomic mass is 9.85. The minimum Gasteiger partial charge on any atom is -0.309 e. The molecule has 2 heterocycles. The van der Waals surface area contributed by atoms with Gasteiger partial charge in [-0.25, -0.2) is 0 Å². The lowest BCUT2D eigenvalue weighted by Gasteiger charge is -2.18. The van der Waals surface area contributed by atoms with Crippen molar-refractivity contribution >= 4 is 43.4 Å². The van der Waals surface area contributed by atoms with Crippen molar-refractivity contribution in [3.8, 4) is 39.1 Å². The molecule has 9 rings (SSSR count). The van der Waals surface area contributed by atoms with Crippen LogP contribution in [0.25, 0.3) is 82.4 Å². The summed E-state index contributed by atoms with van der Waals surface area (Å²) in [5.74, 6) is 0. The summed E-state index contributed by atoms with van der Waals surface area (Å²) in [5.41, 5.74) is 10.9. The molecule has 0 saturated heterocycles. The van der Waals surface area contributed by atoms with Crippen molar-refractivity contribution in [1.29, 1.82) is 0 Å². The van der Waals surface area contributed by atoms with Crippen molar-refractivity contribution in [2.24, 2.45) is 0 Å². The number of fused-ring (bicyclic) bond motifs is 5. The number of hydrogen-bond acceptors (Lipinski definition) is 1. The second-order valence-electron chi connectivity index (χ2n) is 11.6. The summed E-state index contributed by atoms with van der Waals surface area (Å²) in [7, 11) is 0. The van der Waals surface area contributed by atoms with Gasteiger partial charge in [-0.15, -0.1) is 0 Å². The highest BCUT2D eigenvalue weighted by Gasteiger charge is 2.17. The highest BCUT2D eigenvalue weighted by atomic mass is 15.0. The summed E-state index contributed by atoms with van der Waals surface area (Å²) in [6, 6.07) is 57.1. The van der Waals surface area contributed by atoms with E-state index in [1.165, 1.54) is 71.2 Å². The predicted molar refractivity (Wildman–Crippen MR) is 190 cm³/mol. The Bertz CT molecular complexity index is 2430. The smallest absolute Gasteiger partial charge is 0.0571 e. The van der Waals surface area contributed by atoms with E-state index in [0.717, 1.165) is 11.2 Å². The Morgan fingerprint density at radius 3 is 1.58 bits per heavy atom. The molecule has 9 aromatic rings. The maximum atomic E-state index is 4.43. The summed E-state index contributed by atoms with van der Waals surface area (Å²) in [6.07, 6.45) is 3.85. The molecule has 0 aliphatic rings. The van der Waals surface area contributed by atoms with E-state index >= 15 is 0 Å². The number of para-hydroxylation sites is 1. The molecule has 0 amide bonds. The molecule has 0 unspecified atom stereocenters. The molecule has 210 valence electrons. The minimum absolute atomic E-state index is 1.14. The first kappa shape index (κ1) is 25.5. The van der Waals surface area contributed by atoms with Crippen molar-refractivity contribution < 1.29 is 0 Å². The van der Waals surface area contributed by atoms with Crippen LogP contribution in [0.5, 0.6) is 0 Å². The van der Waals surface area contributed by atoms with E-state index in [2.05, 4.69) is 167 Å². The molecule has 45 heavy (non-hydrogen) atoms. The lowest BCUT2D eigenvalue weighted by Crippen LogP contribution is -1.94. The third kappa shape index (κ3) is 4.07. The molecule has 0 fully saturated rings. The fraction of sp³-hybridized carbons (Fsp3) is 0. The molecule has 0 bridgehead atoms. The van der Waals surface area contributed by atoms with E-state index in [4.69, 9.17) is 0 Å². The first-order chi connectivity index (χ1) is 22.3. The van der Waals surface area contributed by atoms with Gasteiger partial charge >= 0.3 is 0 Å². The van der Waals surface area contributed by atoms with Crippen molar-refractivity contribution in [3.63, 3.8) is 0 Å². The summed E-state index contributed by atoms with van der Waals surface area (Å²) in [6.45, 7) is 0. The van der Waals surface area contributed by atoms with E-state index in [1.54, 1.807) is 0 Å². The molecular formula is C43H28N2. The number of hydrogen-bond donors (Lipinski definition) is 0. The zero-order valence-electron chi connectivity index (χ0n) is 24.6. The SMILES string of the molecule is c1ccc(-c2c3ccccc3c(-c3cccc(-c4cccc(-n5c6ccccc6c6cnccc65)c4)c3)c3ccccc23)cc1. The van der Waals surface area contributed by atoms with Crippen LogP contribution in [0.4, 0.5) is 0 Å². The molecule has 0 radical (unpaired) electrons. The fourth-order valence-corrected chi connectivity index (χ4v) is 7.13. The average Bonchev–Trinajstić information content (AvgIpc) is 3.45. The van der Waals surface area contributed by atoms with Crippen LogP contribution in [0.2, 0.25) is 0 Å². The standard InChI is InChI=1S/C43H28N2/c1-2-12-29(13-3-1)42-35-19-4-6-21-37(35)43(38-22-7-5-20-36(38)42)32-16-10-14-30(26-32)31-15-11-17-33(27-31)45-40-23-9-8-18-34(40)39-28-44-25-24-41(39)45/h1-28H. The van der Waals surface area contributed by atoms with E-state index in [1.807, 2.05) is 12.4 Å². The van der Waals surface area contributed by atoms with Crippen LogP contribution in [0.1, 0.15) is 0 Å². The first-order valence-corrected chi connectivity index (χ1v) is 15.4. The zero-order chi connectivity index (χ0) is 29.7. The minimum atomic E-state index is 1.14. The summed E-state index contributed by atoms with van der Waals surface area (Å²) < 4.78 is 2.35. The van der Waals surface area contributed by atoms with Gasteiger partial charge in [0.05, 0.1) is 11.0 Å². The predicted octanol–water partition coefficient (Wildman–Crippen LogP) is 11.5. The molecule has 7 aromatic carbocycles. The summed E-state index contributed by atoms with van der Waals surface area (Å²) >= 11 is 0. The van der Waals surface area contributed by atoms with Crippen LogP contribution in [0.3, 0.4) is 0 Å². The van der Waals surface area contributed by atoms with Crippen molar-refractivity contribution in [3.05, 3.63) is 170 Å². The Morgan fingerprint density at radius 2 is 0.867 bits per heavy atom. The van der Waals surface area contributed by atoms with Gasteiger partial charge < -0.3 is 4.57 Å². The van der Waals surface area contributed by atoms with Gasteiger partial charge in [0.2, 0.25) is 0 Å². The molecular weight excluding hydrogens is 544 g/mol. The third-order valence-electron chi connectivity index (χ3n) is 9.06. The van der Waals surface area contributed by atoms with Crippen LogP contribution < -0.4 is 0 Å². The van der Waals surface area contributed by atoms with Gasteiger partial charge in [-0.1, -0.05) is 127 Å². The number of nitrogens with zero attached hydrogens (tertiary/aromatic N) is 2. The Kier molecular flexibility index (Phi) is 5.85. The molecule has 2 aromatic heterocycles. The quantitative estimate of drug-likeness (QED) is 0.192. The molecule has 0 spiro atoms. The summed E-state index contributed by atoms with van der Waals surface area (Å²) in [4.78, 5) is 4.43. The van der Waals surface area contributed by atoms with Gasteiger partial charge in [0.15, 0.2) is 0 Å². The van der Waals surface area contributed by atoms with Gasteiger partial charge in [0, 0.05) is 28.9 Å².